The summed E-state index contributed by atoms with van der Waals surface area (Å²) in [6.45, 7) is 0.893. The number of aliphatic hydroxyl groups is 1. The number of anilines is 1. The minimum atomic E-state index is 0.0225. The van der Waals surface area contributed by atoms with Crippen molar-refractivity contribution in [3.63, 3.8) is 0 Å². The summed E-state index contributed by atoms with van der Waals surface area (Å²) in [7, 11) is 0. The molecule has 2 aromatic rings. The first-order valence-corrected chi connectivity index (χ1v) is 8.04. The number of rotatable bonds is 5. The Bertz CT molecular complexity index is 555. The van der Waals surface area contributed by atoms with E-state index in [0.717, 1.165) is 22.4 Å². The van der Waals surface area contributed by atoms with Crippen LogP contribution >= 0.6 is 27.3 Å². The van der Waals surface area contributed by atoms with Gasteiger partial charge in [-0.25, -0.2) is 4.98 Å². The van der Waals surface area contributed by atoms with E-state index in [-0.39, 0.29) is 6.61 Å². The topological polar surface area (TPSA) is 36.4 Å². The molecule has 0 bridgehead atoms. The lowest BCUT2D eigenvalue weighted by atomic mass is 10.2. The number of hydrogen-bond acceptors (Lipinski definition) is 4. The fraction of sp³-hybridized carbons (Fsp3) is 0.357. The summed E-state index contributed by atoms with van der Waals surface area (Å²) in [5.74, 6) is 0.916. The molecule has 3 nitrogen and oxygen atoms in total. The Balaban J connectivity index is 1.91. The summed E-state index contributed by atoms with van der Waals surface area (Å²) in [4.78, 5) is 6.83. The van der Waals surface area contributed by atoms with Crippen LogP contribution in [0.1, 0.15) is 24.0 Å². The summed E-state index contributed by atoms with van der Waals surface area (Å²) in [6.07, 6.45) is 4.23. The molecule has 1 fully saturated rings. The lowest BCUT2D eigenvalue weighted by Crippen LogP contribution is -2.27. The Morgan fingerprint density at radius 2 is 2.32 bits per heavy atom. The molecule has 2 aromatic heterocycles. The van der Waals surface area contributed by atoms with Gasteiger partial charge in [0.2, 0.25) is 0 Å². The molecule has 0 aromatic carbocycles. The van der Waals surface area contributed by atoms with Gasteiger partial charge in [0.05, 0.1) is 6.61 Å². The number of pyridine rings is 1. The van der Waals surface area contributed by atoms with Gasteiger partial charge in [0, 0.05) is 28.8 Å². The average Bonchev–Trinajstić information content (AvgIpc) is 3.13. The van der Waals surface area contributed by atoms with E-state index in [1.165, 1.54) is 18.4 Å². The molecule has 1 aliphatic carbocycles. The number of hydrogen-bond donors (Lipinski definition) is 1. The van der Waals surface area contributed by atoms with Crippen LogP contribution in [0.25, 0.3) is 0 Å². The second-order valence-electron chi connectivity index (χ2n) is 4.79. The highest BCUT2D eigenvalue weighted by molar-refractivity contribution is 9.10. The van der Waals surface area contributed by atoms with Crippen molar-refractivity contribution in [3.8, 4) is 0 Å². The number of halogens is 1. The van der Waals surface area contributed by atoms with Gasteiger partial charge in [-0.3, -0.25) is 0 Å². The molecule has 100 valence electrons. The number of nitrogens with zero attached hydrogens (tertiary/aromatic N) is 2. The van der Waals surface area contributed by atoms with Crippen molar-refractivity contribution in [2.75, 3.05) is 4.90 Å². The largest absolute Gasteiger partial charge is 0.392 e. The van der Waals surface area contributed by atoms with E-state index in [1.807, 2.05) is 6.07 Å². The first-order valence-electron chi connectivity index (χ1n) is 6.31. The third-order valence-corrected chi connectivity index (χ3v) is 4.44. The molecule has 19 heavy (non-hydrogen) atoms. The first-order chi connectivity index (χ1) is 9.28. The van der Waals surface area contributed by atoms with Crippen molar-refractivity contribution in [1.82, 2.24) is 4.98 Å². The lowest BCUT2D eigenvalue weighted by molar-refractivity contribution is 0.281. The van der Waals surface area contributed by atoms with Crippen molar-refractivity contribution in [1.29, 1.82) is 0 Å². The summed E-state index contributed by atoms with van der Waals surface area (Å²) < 4.78 is 0.909. The molecule has 0 radical (unpaired) electrons. The van der Waals surface area contributed by atoms with Crippen molar-refractivity contribution >= 4 is 33.1 Å². The Kier molecular flexibility index (Phi) is 3.86. The van der Waals surface area contributed by atoms with Crippen molar-refractivity contribution < 1.29 is 5.11 Å². The predicted octanol–water partition coefficient (Wildman–Crippen LogP) is 3.57. The Morgan fingerprint density at radius 1 is 1.47 bits per heavy atom. The summed E-state index contributed by atoms with van der Waals surface area (Å²) in [5, 5.41) is 13.8. The SMILES string of the molecule is OCc1cc(Br)cnc1N(Cc1ccsc1)C1CC1. The molecular formula is C14H15BrN2OS. The normalized spacial score (nSPS) is 14.6. The summed E-state index contributed by atoms with van der Waals surface area (Å²) >= 11 is 5.13. The van der Waals surface area contributed by atoms with Crippen LogP contribution in [0.4, 0.5) is 5.82 Å². The molecule has 3 rings (SSSR count). The summed E-state index contributed by atoms with van der Waals surface area (Å²) in [5.41, 5.74) is 2.20. The van der Waals surface area contributed by atoms with Crippen molar-refractivity contribution in [3.05, 3.63) is 44.7 Å². The van der Waals surface area contributed by atoms with Gasteiger partial charge in [0.15, 0.2) is 0 Å². The minimum Gasteiger partial charge on any atom is -0.392 e. The van der Waals surface area contributed by atoms with Crippen LogP contribution in [0.3, 0.4) is 0 Å². The molecule has 5 heteroatoms. The third kappa shape index (κ3) is 2.99. The standard InChI is InChI=1S/C14H15BrN2OS/c15-12-5-11(8-18)14(16-6-12)17(13-1-2-13)7-10-3-4-19-9-10/h3-6,9,13,18H,1-2,7-8H2. The Labute approximate surface area is 125 Å². The molecule has 1 aliphatic rings. The van der Waals surface area contributed by atoms with Crippen molar-refractivity contribution in [2.45, 2.75) is 32.0 Å². The Morgan fingerprint density at radius 3 is 2.95 bits per heavy atom. The number of aromatic nitrogens is 1. The van der Waals surface area contributed by atoms with E-state index >= 15 is 0 Å². The van der Waals surface area contributed by atoms with Crippen LogP contribution in [-0.4, -0.2) is 16.1 Å². The highest BCUT2D eigenvalue weighted by atomic mass is 79.9. The zero-order chi connectivity index (χ0) is 13.2. The van der Waals surface area contributed by atoms with Gasteiger partial charge >= 0.3 is 0 Å². The molecule has 1 saturated carbocycles. The van der Waals surface area contributed by atoms with Crippen LogP contribution in [-0.2, 0) is 13.2 Å². The van der Waals surface area contributed by atoms with Gasteiger partial charge in [-0.2, -0.15) is 11.3 Å². The smallest absolute Gasteiger partial charge is 0.134 e. The zero-order valence-corrected chi connectivity index (χ0v) is 12.8. The second kappa shape index (κ2) is 5.61. The fourth-order valence-corrected chi connectivity index (χ4v) is 3.23. The second-order valence-corrected chi connectivity index (χ2v) is 6.48. The molecule has 2 heterocycles. The fourth-order valence-electron chi connectivity index (χ4n) is 2.19. The highest BCUT2D eigenvalue weighted by Gasteiger charge is 2.31. The van der Waals surface area contributed by atoms with E-state index in [9.17, 15) is 5.11 Å². The third-order valence-electron chi connectivity index (χ3n) is 3.27. The average molecular weight is 339 g/mol. The van der Waals surface area contributed by atoms with Gasteiger partial charge in [0.1, 0.15) is 5.82 Å². The van der Waals surface area contributed by atoms with Gasteiger partial charge in [-0.05, 0) is 57.2 Å². The van der Waals surface area contributed by atoms with E-state index in [2.05, 4.69) is 42.6 Å². The molecule has 0 amide bonds. The van der Waals surface area contributed by atoms with Gasteiger partial charge < -0.3 is 10.0 Å². The predicted molar refractivity (Wildman–Crippen MR) is 81.4 cm³/mol. The maximum Gasteiger partial charge on any atom is 0.134 e. The quantitative estimate of drug-likeness (QED) is 0.905. The maximum absolute atomic E-state index is 9.53. The van der Waals surface area contributed by atoms with Gasteiger partial charge in [0.25, 0.3) is 0 Å². The number of thiophene rings is 1. The van der Waals surface area contributed by atoms with Crippen LogP contribution in [0.15, 0.2) is 33.6 Å². The van der Waals surface area contributed by atoms with Gasteiger partial charge in [-0.1, -0.05) is 0 Å². The minimum absolute atomic E-state index is 0.0225. The molecule has 1 N–H and O–H groups in total. The maximum atomic E-state index is 9.53. The molecular weight excluding hydrogens is 324 g/mol. The lowest BCUT2D eigenvalue weighted by Gasteiger charge is -2.25. The highest BCUT2D eigenvalue weighted by Crippen LogP contribution is 2.34. The van der Waals surface area contributed by atoms with Crippen molar-refractivity contribution in [2.24, 2.45) is 0 Å². The summed E-state index contributed by atoms with van der Waals surface area (Å²) in [6, 6.07) is 4.67. The van der Waals surface area contributed by atoms with Crippen LogP contribution in [0.5, 0.6) is 0 Å². The molecule has 0 atom stereocenters. The molecule has 0 unspecified atom stereocenters. The Hall–Kier alpha value is -0.910. The zero-order valence-electron chi connectivity index (χ0n) is 10.4. The van der Waals surface area contributed by atoms with Crippen LogP contribution in [0.2, 0.25) is 0 Å². The molecule has 0 spiro atoms. The van der Waals surface area contributed by atoms with E-state index in [0.29, 0.717) is 6.04 Å². The van der Waals surface area contributed by atoms with E-state index in [1.54, 1.807) is 17.5 Å². The molecule has 0 saturated heterocycles. The van der Waals surface area contributed by atoms with Crippen LogP contribution in [0, 0.1) is 0 Å². The monoisotopic (exact) mass is 338 g/mol. The molecule has 0 aliphatic heterocycles. The number of aliphatic hydroxyl groups excluding tert-OH is 1. The van der Waals surface area contributed by atoms with Crippen LogP contribution < -0.4 is 4.90 Å². The van der Waals surface area contributed by atoms with E-state index in [4.69, 9.17) is 0 Å². The van der Waals surface area contributed by atoms with E-state index < -0.39 is 0 Å². The first kappa shape index (κ1) is 13.1. The van der Waals surface area contributed by atoms with Gasteiger partial charge in [-0.15, -0.1) is 0 Å².